The lowest BCUT2D eigenvalue weighted by Crippen LogP contribution is -2.42. The van der Waals surface area contributed by atoms with Gasteiger partial charge in [-0.2, -0.15) is 0 Å². The van der Waals surface area contributed by atoms with Gasteiger partial charge in [-0.3, -0.25) is 9.69 Å². The second-order valence-corrected chi connectivity index (χ2v) is 4.27. The smallest absolute Gasteiger partial charge is 0.321 e. The Kier molecular flexibility index (Phi) is 4.30. The van der Waals surface area contributed by atoms with Gasteiger partial charge in [-0.05, 0) is 6.54 Å². The predicted octanol–water partition coefficient (Wildman–Crippen LogP) is 0.651. The third-order valence-corrected chi connectivity index (χ3v) is 3.03. The molecule has 0 saturated heterocycles. The van der Waals surface area contributed by atoms with E-state index < -0.39 is 12.0 Å². The summed E-state index contributed by atoms with van der Waals surface area (Å²) >= 11 is 0. The highest BCUT2D eigenvalue weighted by Crippen LogP contribution is 2.10. The summed E-state index contributed by atoms with van der Waals surface area (Å²) in [6.45, 7) is 3.12. The van der Waals surface area contributed by atoms with Gasteiger partial charge in [0.05, 0.1) is 12.7 Å². The van der Waals surface area contributed by atoms with Crippen LogP contribution in [0.1, 0.15) is 18.3 Å². The molecule has 2 heterocycles. The van der Waals surface area contributed by atoms with E-state index in [1.54, 1.807) is 25.0 Å². The highest BCUT2D eigenvalue weighted by atomic mass is 16.4. The van der Waals surface area contributed by atoms with Crippen molar-refractivity contribution >= 4 is 5.97 Å². The topological polar surface area (TPSA) is 97.9 Å². The Morgan fingerprint density at radius 1 is 1.32 bits per heavy atom. The van der Waals surface area contributed by atoms with Crippen LogP contribution in [0.2, 0.25) is 0 Å². The summed E-state index contributed by atoms with van der Waals surface area (Å²) in [5.41, 5.74) is 1.72. The molecule has 0 amide bonds. The summed E-state index contributed by atoms with van der Waals surface area (Å²) in [6, 6.07) is -0.589. The van der Waals surface area contributed by atoms with E-state index in [9.17, 15) is 9.90 Å². The van der Waals surface area contributed by atoms with Gasteiger partial charge in [0.2, 0.25) is 0 Å². The minimum atomic E-state index is -0.837. The van der Waals surface area contributed by atoms with Crippen LogP contribution in [0.3, 0.4) is 0 Å². The third-order valence-electron chi connectivity index (χ3n) is 3.03. The molecule has 19 heavy (non-hydrogen) atoms. The molecule has 0 aromatic carbocycles. The van der Waals surface area contributed by atoms with Crippen LogP contribution in [-0.4, -0.2) is 48.5 Å². The molecule has 0 aliphatic carbocycles. The van der Waals surface area contributed by atoms with E-state index in [2.05, 4.69) is 19.9 Å². The van der Waals surface area contributed by atoms with Crippen LogP contribution < -0.4 is 0 Å². The molecule has 7 nitrogen and oxygen atoms in total. The molecule has 0 radical (unpaired) electrons. The molecule has 0 saturated carbocycles. The highest BCUT2D eigenvalue weighted by Gasteiger charge is 2.25. The van der Waals surface area contributed by atoms with Crippen molar-refractivity contribution in [2.45, 2.75) is 25.9 Å². The molecule has 2 aromatic heterocycles. The number of carbonyl (C=O) groups is 1. The number of carboxylic acids is 1. The van der Waals surface area contributed by atoms with E-state index in [1.165, 1.54) is 0 Å². The number of rotatable bonds is 7. The molecule has 7 heteroatoms. The lowest BCUT2D eigenvalue weighted by molar-refractivity contribution is -0.143. The van der Waals surface area contributed by atoms with Crippen LogP contribution in [0, 0.1) is 0 Å². The molecular weight excluding hydrogens is 246 g/mol. The highest BCUT2D eigenvalue weighted by molar-refractivity contribution is 5.73. The number of nitrogens with one attached hydrogen (secondary N) is 2. The maximum Gasteiger partial charge on any atom is 0.321 e. The zero-order valence-corrected chi connectivity index (χ0v) is 10.7. The van der Waals surface area contributed by atoms with Gasteiger partial charge in [-0.15, -0.1) is 0 Å². The van der Waals surface area contributed by atoms with Gasteiger partial charge >= 0.3 is 5.97 Å². The molecule has 0 spiro atoms. The Balaban J connectivity index is 2.09. The van der Waals surface area contributed by atoms with Crippen molar-refractivity contribution in [2.24, 2.45) is 0 Å². The van der Waals surface area contributed by atoms with Crippen LogP contribution in [0.5, 0.6) is 0 Å². The number of aliphatic carboxylic acids is 1. The quantitative estimate of drug-likeness (QED) is 0.681. The number of carboxylic acid groups (broad SMARTS) is 1. The van der Waals surface area contributed by atoms with Gasteiger partial charge in [-0.1, -0.05) is 6.92 Å². The standard InChI is InChI=1S/C12H17N5O2/c1-2-17(6-10-5-14-8-16-10)11(12(18)19)3-9-4-13-7-15-9/h4-5,7-8,11H,2-3,6H2,1H3,(H,13,15)(H,14,16)(H,18,19)/t11-/m0/s1. The maximum absolute atomic E-state index is 11.5. The first-order valence-corrected chi connectivity index (χ1v) is 6.12. The first-order valence-electron chi connectivity index (χ1n) is 6.12. The van der Waals surface area contributed by atoms with Gasteiger partial charge < -0.3 is 15.1 Å². The minimum Gasteiger partial charge on any atom is -0.480 e. The molecule has 0 fully saturated rings. The predicted molar refractivity (Wildman–Crippen MR) is 68.4 cm³/mol. The first kappa shape index (κ1) is 13.3. The van der Waals surface area contributed by atoms with Gasteiger partial charge in [0, 0.05) is 36.7 Å². The fourth-order valence-corrected chi connectivity index (χ4v) is 2.01. The van der Waals surface area contributed by atoms with Crippen molar-refractivity contribution in [2.75, 3.05) is 6.54 Å². The van der Waals surface area contributed by atoms with E-state index in [0.717, 1.165) is 11.4 Å². The molecule has 1 atom stereocenters. The lowest BCUT2D eigenvalue weighted by atomic mass is 10.1. The Labute approximate surface area is 110 Å². The number of hydrogen-bond donors (Lipinski definition) is 3. The zero-order valence-electron chi connectivity index (χ0n) is 10.7. The number of hydrogen-bond acceptors (Lipinski definition) is 4. The maximum atomic E-state index is 11.5. The molecular formula is C12H17N5O2. The van der Waals surface area contributed by atoms with E-state index in [1.807, 2.05) is 11.8 Å². The SMILES string of the molecule is CCN(Cc1cnc[nH]1)[C@@H](Cc1cnc[nH]1)C(=O)O. The van der Waals surface area contributed by atoms with E-state index >= 15 is 0 Å². The van der Waals surface area contributed by atoms with Crippen LogP contribution >= 0.6 is 0 Å². The molecule has 0 unspecified atom stereocenters. The number of aromatic nitrogens is 4. The Hall–Kier alpha value is -2.15. The van der Waals surface area contributed by atoms with Gasteiger partial charge in [0.15, 0.2) is 0 Å². The van der Waals surface area contributed by atoms with Gasteiger partial charge in [0.25, 0.3) is 0 Å². The molecule has 3 N–H and O–H groups in total. The summed E-state index contributed by atoms with van der Waals surface area (Å²) in [5.74, 6) is -0.837. The normalized spacial score (nSPS) is 12.7. The third kappa shape index (κ3) is 3.41. The van der Waals surface area contributed by atoms with Crippen molar-refractivity contribution in [3.63, 3.8) is 0 Å². The fourth-order valence-electron chi connectivity index (χ4n) is 2.01. The Morgan fingerprint density at radius 3 is 2.42 bits per heavy atom. The monoisotopic (exact) mass is 263 g/mol. The molecule has 0 bridgehead atoms. The summed E-state index contributed by atoms with van der Waals surface area (Å²) in [5, 5.41) is 9.40. The first-order chi connectivity index (χ1) is 9.20. The summed E-state index contributed by atoms with van der Waals surface area (Å²) in [6.07, 6.45) is 6.91. The Morgan fingerprint density at radius 2 is 1.95 bits per heavy atom. The van der Waals surface area contributed by atoms with Crippen LogP contribution in [0.15, 0.2) is 25.0 Å². The summed E-state index contributed by atoms with van der Waals surface area (Å²) in [7, 11) is 0. The lowest BCUT2D eigenvalue weighted by Gasteiger charge is -2.26. The number of nitrogens with zero attached hydrogens (tertiary/aromatic N) is 3. The number of H-pyrrole nitrogens is 2. The molecule has 2 aromatic rings. The van der Waals surface area contributed by atoms with Crippen molar-refractivity contribution in [1.29, 1.82) is 0 Å². The van der Waals surface area contributed by atoms with Gasteiger partial charge in [0.1, 0.15) is 6.04 Å². The molecule has 2 rings (SSSR count). The van der Waals surface area contributed by atoms with Crippen molar-refractivity contribution in [3.8, 4) is 0 Å². The summed E-state index contributed by atoms with van der Waals surface area (Å²) in [4.78, 5) is 27.1. The second kappa shape index (κ2) is 6.14. The van der Waals surface area contributed by atoms with E-state index in [4.69, 9.17) is 0 Å². The average Bonchev–Trinajstić information content (AvgIpc) is 3.06. The van der Waals surface area contributed by atoms with Crippen molar-refractivity contribution in [3.05, 3.63) is 36.4 Å². The zero-order chi connectivity index (χ0) is 13.7. The largest absolute Gasteiger partial charge is 0.480 e. The molecule has 0 aliphatic rings. The number of likely N-dealkylation sites (N-methyl/N-ethyl adjacent to an activating group) is 1. The second-order valence-electron chi connectivity index (χ2n) is 4.27. The number of aromatic amines is 2. The van der Waals surface area contributed by atoms with Crippen molar-refractivity contribution < 1.29 is 9.90 Å². The van der Waals surface area contributed by atoms with E-state index in [-0.39, 0.29) is 0 Å². The van der Waals surface area contributed by atoms with Crippen molar-refractivity contribution in [1.82, 2.24) is 24.8 Å². The molecule has 0 aliphatic heterocycles. The Bertz CT molecular complexity index is 494. The molecule has 102 valence electrons. The van der Waals surface area contributed by atoms with Crippen LogP contribution in [0.25, 0.3) is 0 Å². The minimum absolute atomic E-state index is 0.400. The average molecular weight is 263 g/mol. The number of imidazole rings is 2. The van der Waals surface area contributed by atoms with Gasteiger partial charge in [-0.25, -0.2) is 9.97 Å². The van der Waals surface area contributed by atoms with Crippen LogP contribution in [-0.2, 0) is 17.8 Å². The fraction of sp³-hybridized carbons (Fsp3) is 0.417. The van der Waals surface area contributed by atoms with E-state index in [0.29, 0.717) is 19.5 Å². The summed E-state index contributed by atoms with van der Waals surface area (Å²) < 4.78 is 0. The van der Waals surface area contributed by atoms with Crippen LogP contribution in [0.4, 0.5) is 0 Å².